The molecule has 2 N–H and O–H groups in total. The molecule has 2 aromatic carbocycles. The van der Waals surface area contributed by atoms with Gasteiger partial charge in [0.15, 0.2) is 6.61 Å². The Morgan fingerprint density at radius 2 is 1.74 bits per heavy atom. The van der Waals surface area contributed by atoms with Crippen LogP contribution in [0.25, 0.3) is 0 Å². The van der Waals surface area contributed by atoms with Crippen LogP contribution >= 0.6 is 22.9 Å². The van der Waals surface area contributed by atoms with Crippen molar-refractivity contribution in [3.8, 4) is 5.75 Å². The van der Waals surface area contributed by atoms with E-state index in [-0.39, 0.29) is 34.6 Å². The maximum Gasteiger partial charge on any atom is 0.262 e. The molecule has 6 nitrogen and oxygen atoms in total. The van der Waals surface area contributed by atoms with Crippen molar-refractivity contribution in [2.24, 2.45) is 11.8 Å². The fraction of sp³-hybridized carbons (Fsp3) is 0.320. The minimum absolute atomic E-state index is 0.0671. The number of nitrogens with one attached hydrogen (secondary N) is 2. The monoisotopic (exact) mass is 516 g/mol. The minimum atomic E-state index is -3.61. The van der Waals surface area contributed by atoms with E-state index in [2.05, 4.69) is 10.0 Å². The summed E-state index contributed by atoms with van der Waals surface area (Å²) in [6.45, 7) is -0.0671. The number of thiophene rings is 1. The summed E-state index contributed by atoms with van der Waals surface area (Å²) >= 11 is 7.03. The molecular formula is C25H25ClN2O4S2. The van der Waals surface area contributed by atoms with Crippen molar-refractivity contribution in [2.75, 3.05) is 11.9 Å². The lowest BCUT2D eigenvalue weighted by Gasteiger charge is -2.23. The fourth-order valence-electron chi connectivity index (χ4n) is 5.02. The van der Waals surface area contributed by atoms with E-state index in [9.17, 15) is 13.2 Å². The molecule has 1 saturated carbocycles. The SMILES string of the molecule is O=C(COc1ccccc1)Nc1ccc2c(c1)CC1CCC(C2)C1NS(=O)(=O)c1ccc(Cl)s1. The minimum Gasteiger partial charge on any atom is -0.484 e. The van der Waals surface area contributed by atoms with Crippen LogP contribution in [0.1, 0.15) is 24.0 Å². The van der Waals surface area contributed by atoms with E-state index in [0.717, 1.165) is 48.3 Å². The normalized spacial score (nSPS) is 21.5. The van der Waals surface area contributed by atoms with Crippen molar-refractivity contribution in [1.82, 2.24) is 4.72 Å². The average molecular weight is 517 g/mol. The maximum atomic E-state index is 12.9. The molecule has 1 amide bonds. The van der Waals surface area contributed by atoms with Crippen molar-refractivity contribution < 1.29 is 17.9 Å². The molecule has 3 atom stereocenters. The smallest absolute Gasteiger partial charge is 0.262 e. The molecule has 2 aliphatic carbocycles. The first-order valence-corrected chi connectivity index (χ1v) is 13.9. The largest absolute Gasteiger partial charge is 0.484 e. The van der Waals surface area contributed by atoms with E-state index in [1.54, 1.807) is 12.1 Å². The van der Waals surface area contributed by atoms with E-state index in [1.165, 1.54) is 5.56 Å². The Bertz CT molecular complexity index is 1290. The summed E-state index contributed by atoms with van der Waals surface area (Å²) in [6, 6.07) is 18.2. The predicted octanol–water partition coefficient (Wildman–Crippen LogP) is 4.89. The molecule has 2 bridgehead atoms. The third kappa shape index (κ3) is 5.15. The number of carbonyl (C=O) groups is 1. The molecule has 34 heavy (non-hydrogen) atoms. The Morgan fingerprint density at radius 1 is 1.00 bits per heavy atom. The van der Waals surface area contributed by atoms with Crippen LogP contribution < -0.4 is 14.8 Å². The second kappa shape index (κ2) is 9.70. The summed E-state index contributed by atoms with van der Waals surface area (Å²) in [7, 11) is -3.61. The Labute approximate surface area is 208 Å². The Balaban J connectivity index is 1.26. The zero-order valence-electron chi connectivity index (χ0n) is 18.4. The van der Waals surface area contributed by atoms with Crippen LogP contribution in [0.5, 0.6) is 5.75 Å². The van der Waals surface area contributed by atoms with Gasteiger partial charge < -0.3 is 10.1 Å². The lowest BCUT2D eigenvalue weighted by Crippen LogP contribution is -2.41. The Kier molecular flexibility index (Phi) is 6.66. The topological polar surface area (TPSA) is 84.5 Å². The van der Waals surface area contributed by atoms with Gasteiger partial charge in [-0.2, -0.15) is 0 Å². The van der Waals surface area contributed by atoms with Crippen LogP contribution in [0.4, 0.5) is 5.69 Å². The molecule has 178 valence electrons. The molecule has 0 saturated heterocycles. The molecule has 1 fully saturated rings. The number of rotatable bonds is 7. The van der Waals surface area contributed by atoms with E-state index in [1.807, 2.05) is 48.5 Å². The highest BCUT2D eigenvalue weighted by atomic mass is 35.5. The first-order valence-electron chi connectivity index (χ1n) is 11.2. The van der Waals surface area contributed by atoms with Gasteiger partial charge in [-0.3, -0.25) is 4.79 Å². The molecule has 3 aromatic rings. The number of hydrogen-bond donors (Lipinski definition) is 2. The number of para-hydroxylation sites is 1. The van der Waals surface area contributed by atoms with Gasteiger partial charge >= 0.3 is 0 Å². The van der Waals surface area contributed by atoms with Gasteiger partial charge in [0.2, 0.25) is 10.0 Å². The average Bonchev–Trinajstić information content (AvgIpc) is 3.37. The molecule has 2 aliphatic rings. The number of amides is 1. The van der Waals surface area contributed by atoms with Crippen LogP contribution in [0, 0.1) is 11.8 Å². The van der Waals surface area contributed by atoms with Gasteiger partial charge in [0, 0.05) is 11.7 Å². The summed E-state index contributed by atoms with van der Waals surface area (Å²) in [5.41, 5.74) is 3.11. The van der Waals surface area contributed by atoms with Crippen molar-refractivity contribution in [2.45, 2.75) is 35.9 Å². The van der Waals surface area contributed by atoms with Crippen LogP contribution in [0.3, 0.4) is 0 Å². The standard InChI is InChI=1S/C25H25ClN2O4S2/c26-22-10-11-24(33-22)34(30,31)28-25-17-6-7-18(25)13-19-14-20(9-8-16(19)12-17)27-23(29)15-32-21-4-2-1-3-5-21/h1-5,8-11,14,17-18,25,28H,6-7,12-13,15H2,(H,27,29). The van der Waals surface area contributed by atoms with Gasteiger partial charge in [-0.15, -0.1) is 11.3 Å². The van der Waals surface area contributed by atoms with Crippen LogP contribution in [-0.4, -0.2) is 27.0 Å². The molecule has 1 aromatic heterocycles. The highest BCUT2D eigenvalue weighted by Crippen LogP contribution is 2.41. The van der Waals surface area contributed by atoms with Crippen LogP contribution in [-0.2, 0) is 27.7 Å². The number of halogens is 1. The van der Waals surface area contributed by atoms with Crippen molar-refractivity contribution in [3.05, 3.63) is 76.1 Å². The second-order valence-corrected chi connectivity index (χ2v) is 12.5. The van der Waals surface area contributed by atoms with Gasteiger partial charge in [0.05, 0.1) is 4.34 Å². The number of anilines is 1. The lowest BCUT2D eigenvalue weighted by atomic mass is 9.93. The van der Waals surface area contributed by atoms with E-state index in [4.69, 9.17) is 16.3 Å². The summed E-state index contributed by atoms with van der Waals surface area (Å²) < 4.78 is 35.1. The summed E-state index contributed by atoms with van der Waals surface area (Å²) in [4.78, 5) is 12.4. The van der Waals surface area contributed by atoms with Gasteiger partial charge in [0.25, 0.3) is 5.91 Å². The highest BCUT2D eigenvalue weighted by molar-refractivity contribution is 7.91. The van der Waals surface area contributed by atoms with E-state index < -0.39 is 10.0 Å². The second-order valence-electron chi connectivity index (χ2n) is 8.84. The maximum absolute atomic E-state index is 12.9. The van der Waals surface area contributed by atoms with Crippen molar-refractivity contribution in [1.29, 1.82) is 0 Å². The molecule has 0 aliphatic heterocycles. The molecule has 1 heterocycles. The number of sulfonamides is 1. The molecule has 5 rings (SSSR count). The third-order valence-electron chi connectivity index (χ3n) is 6.60. The van der Waals surface area contributed by atoms with Crippen LogP contribution in [0.2, 0.25) is 4.34 Å². The third-order valence-corrected chi connectivity index (χ3v) is 9.78. The van der Waals surface area contributed by atoms with E-state index in [0.29, 0.717) is 10.1 Å². The molecule has 9 heteroatoms. The number of benzene rings is 2. The number of carbonyl (C=O) groups excluding carboxylic acids is 1. The van der Waals surface area contributed by atoms with E-state index >= 15 is 0 Å². The van der Waals surface area contributed by atoms with Crippen molar-refractivity contribution in [3.63, 3.8) is 0 Å². The Morgan fingerprint density at radius 3 is 2.44 bits per heavy atom. The highest BCUT2D eigenvalue weighted by Gasteiger charge is 2.41. The number of hydrogen-bond acceptors (Lipinski definition) is 5. The predicted molar refractivity (Wildman–Crippen MR) is 134 cm³/mol. The summed E-state index contributed by atoms with van der Waals surface area (Å²) in [6.07, 6.45) is 3.56. The molecule has 0 spiro atoms. The zero-order chi connectivity index (χ0) is 23.7. The first-order chi connectivity index (χ1) is 16.4. The zero-order valence-corrected chi connectivity index (χ0v) is 20.8. The van der Waals surface area contributed by atoms with Gasteiger partial charge in [-0.25, -0.2) is 13.1 Å². The fourth-order valence-corrected chi connectivity index (χ4v) is 7.90. The van der Waals surface area contributed by atoms with Crippen molar-refractivity contribution >= 4 is 44.6 Å². The van der Waals surface area contributed by atoms with Gasteiger partial charge in [-0.05, 0) is 85.0 Å². The summed E-state index contributed by atoms with van der Waals surface area (Å²) in [5.74, 6) is 0.883. The summed E-state index contributed by atoms with van der Waals surface area (Å²) in [5, 5.41) is 2.91. The first kappa shape index (κ1) is 23.4. The molecular weight excluding hydrogens is 492 g/mol. The van der Waals surface area contributed by atoms with Gasteiger partial charge in [0.1, 0.15) is 9.96 Å². The Hall–Kier alpha value is -2.39. The number of ether oxygens (including phenoxy) is 1. The molecule has 3 unspecified atom stereocenters. The van der Waals surface area contributed by atoms with Gasteiger partial charge in [-0.1, -0.05) is 35.9 Å². The van der Waals surface area contributed by atoms with Crippen LogP contribution in [0.15, 0.2) is 64.9 Å². The quantitative estimate of drug-likeness (QED) is 0.468. The lowest BCUT2D eigenvalue weighted by molar-refractivity contribution is -0.118. The number of fused-ring (bicyclic) bond motifs is 3. The molecule has 0 radical (unpaired) electrons.